The van der Waals surface area contributed by atoms with Crippen LogP contribution in [0.1, 0.15) is 24.0 Å². The third-order valence-electron chi connectivity index (χ3n) is 3.45. The molecule has 1 aromatic carbocycles. The second-order valence-electron chi connectivity index (χ2n) is 5.37. The average molecular weight is 339 g/mol. The van der Waals surface area contributed by atoms with E-state index in [0.29, 0.717) is 16.8 Å². The summed E-state index contributed by atoms with van der Waals surface area (Å²) in [6.45, 7) is 5.63. The van der Waals surface area contributed by atoms with Crippen LogP contribution < -0.4 is 21.5 Å². The van der Waals surface area contributed by atoms with Crippen molar-refractivity contribution in [2.75, 3.05) is 18.5 Å². The Morgan fingerprint density at radius 2 is 2.00 bits per heavy atom. The van der Waals surface area contributed by atoms with E-state index < -0.39 is 0 Å². The monoisotopic (exact) mass is 338 g/mol. The quantitative estimate of drug-likeness (QED) is 0.498. The first-order valence-electron chi connectivity index (χ1n) is 7.34. The van der Waals surface area contributed by atoms with E-state index in [1.165, 1.54) is 5.56 Å². The molecule has 1 heterocycles. The molecule has 1 aliphatic heterocycles. The van der Waals surface area contributed by atoms with Crippen molar-refractivity contribution in [1.82, 2.24) is 16.2 Å². The van der Waals surface area contributed by atoms with Crippen molar-refractivity contribution in [1.29, 1.82) is 0 Å². The van der Waals surface area contributed by atoms with Crippen molar-refractivity contribution in [2.45, 2.75) is 32.8 Å². The first-order chi connectivity index (χ1) is 10.5. The number of thiocarbonyl (C=S) groups is 2. The van der Waals surface area contributed by atoms with Crippen molar-refractivity contribution >= 4 is 40.3 Å². The molecule has 0 aliphatic carbocycles. The van der Waals surface area contributed by atoms with Gasteiger partial charge in [-0.2, -0.15) is 0 Å². The van der Waals surface area contributed by atoms with Crippen LogP contribution in [0, 0.1) is 13.8 Å². The van der Waals surface area contributed by atoms with Crippen LogP contribution in [0.15, 0.2) is 18.2 Å². The van der Waals surface area contributed by atoms with Crippen molar-refractivity contribution in [3.63, 3.8) is 0 Å². The zero-order valence-corrected chi connectivity index (χ0v) is 14.5. The van der Waals surface area contributed by atoms with Gasteiger partial charge < -0.3 is 15.4 Å². The number of rotatable bonds is 3. The van der Waals surface area contributed by atoms with Gasteiger partial charge in [-0.15, -0.1) is 0 Å². The van der Waals surface area contributed by atoms with E-state index in [0.717, 1.165) is 30.7 Å². The third kappa shape index (κ3) is 5.40. The Bertz CT molecular complexity index is 544. The molecule has 22 heavy (non-hydrogen) atoms. The molecule has 0 radical (unpaired) electrons. The predicted octanol–water partition coefficient (Wildman–Crippen LogP) is 2.15. The average Bonchev–Trinajstić information content (AvgIpc) is 3.00. The topological polar surface area (TPSA) is 57.3 Å². The van der Waals surface area contributed by atoms with E-state index in [4.69, 9.17) is 29.2 Å². The van der Waals surface area contributed by atoms with Crippen LogP contribution in [0.4, 0.5) is 5.69 Å². The van der Waals surface area contributed by atoms with E-state index in [-0.39, 0.29) is 6.10 Å². The number of aryl methyl sites for hydroxylation is 2. The summed E-state index contributed by atoms with van der Waals surface area (Å²) in [5.74, 6) is 0. The highest BCUT2D eigenvalue weighted by molar-refractivity contribution is 7.80. The summed E-state index contributed by atoms with van der Waals surface area (Å²) >= 11 is 10.4. The highest BCUT2D eigenvalue weighted by Crippen LogP contribution is 2.15. The second kappa shape index (κ2) is 8.26. The molecule has 120 valence electrons. The number of ether oxygens (including phenoxy) is 1. The Balaban J connectivity index is 1.70. The molecule has 7 heteroatoms. The molecule has 0 aromatic heterocycles. The van der Waals surface area contributed by atoms with Crippen LogP contribution in [0.5, 0.6) is 0 Å². The van der Waals surface area contributed by atoms with Crippen molar-refractivity contribution < 1.29 is 4.74 Å². The van der Waals surface area contributed by atoms with Crippen molar-refractivity contribution in [2.24, 2.45) is 0 Å². The van der Waals surface area contributed by atoms with Gasteiger partial charge in [0.1, 0.15) is 0 Å². The minimum Gasteiger partial charge on any atom is -0.376 e. The normalized spacial score (nSPS) is 16.9. The van der Waals surface area contributed by atoms with Gasteiger partial charge in [0, 0.05) is 18.8 Å². The van der Waals surface area contributed by atoms with Crippen molar-refractivity contribution in [3.05, 3.63) is 29.3 Å². The van der Waals surface area contributed by atoms with Crippen LogP contribution in [0.2, 0.25) is 0 Å². The van der Waals surface area contributed by atoms with Gasteiger partial charge in [-0.05, 0) is 68.3 Å². The molecule has 0 unspecified atom stereocenters. The fourth-order valence-corrected chi connectivity index (χ4v) is 2.49. The molecule has 0 spiro atoms. The summed E-state index contributed by atoms with van der Waals surface area (Å²) in [5.41, 5.74) is 9.05. The SMILES string of the molecule is Cc1ccc(C)c(NC(=S)NNC(=S)NC[C@@H]2CCCO2)c1. The predicted molar refractivity (Wildman–Crippen MR) is 98.0 cm³/mol. The molecule has 1 saturated heterocycles. The van der Waals surface area contributed by atoms with Gasteiger partial charge in [-0.25, -0.2) is 0 Å². The van der Waals surface area contributed by atoms with Crippen molar-refractivity contribution in [3.8, 4) is 0 Å². The summed E-state index contributed by atoms with van der Waals surface area (Å²) in [7, 11) is 0. The molecular weight excluding hydrogens is 316 g/mol. The summed E-state index contributed by atoms with van der Waals surface area (Å²) in [6.07, 6.45) is 2.45. The van der Waals surface area contributed by atoms with Crippen LogP contribution in [-0.2, 0) is 4.74 Å². The van der Waals surface area contributed by atoms with E-state index >= 15 is 0 Å². The largest absolute Gasteiger partial charge is 0.376 e. The maximum absolute atomic E-state index is 5.52. The number of hydrogen-bond donors (Lipinski definition) is 4. The van der Waals surface area contributed by atoms with Crippen LogP contribution in [0.3, 0.4) is 0 Å². The molecule has 1 atom stereocenters. The van der Waals surface area contributed by atoms with E-state index in [1.54, 1.807) is 0 Å². The maximum Gasteiger partial charge on any atom is 0.189 e. The molecule has 0 saturated carbocycles. The Labute approximate surface area is 142 Å². The van der Waals surface area contributed by atoms with Gasteiger partial charge >= 0.3 is 0 Å². The highest BCUT2D eigenvalue weighted by Gasteiger charge is 2.15. The molecule has 1 aliphatic rings. The molecule has 0 amide bonds. The standard InChI is InChI=1S/C15H22N4OS2/c1-10-5-6-11(2)13(8-10)17-15(22)19-18-14(21)16-9-12-4-3-7-20-12/h5-6,8,12H,3-4,7,9H2,1-2H3,(H2,16,18,21)(H2,17,19,22)/t12-/m0/s1. The maximum atomic E-state index is 5.52. The molecule has 0 bridgehead atoms. The lowest BCUT2D eigenvalue weighted by molar-refractivity contribution is 0.114. The summed E-state index contributed by atoms with van der Waals surface area (Å²) in [4.78, 5) is 0. The van der Waals surface area contributed by atoms with Gasteiger partial charge in [0.25, 0.3) is 0 Å². The Morgan fingerprint density at radius 1 is 1.23 bits per heavy atom. The second-order valence-corrected chi connectivity index (χ2v) is 6.18. The number of benzene rings is 1. The number of anilines is 1. The fraction of sp³-hybridized carbons (Fsp3) is 0.467. The smallest absolute Gasteiger partial charge is 0.189 e. The Kier molecular flexibility index (Phi) is 6.35. The lowest BCUT2D eigenvalue weighted by atomic mass is 10.1. The Morgan fingerprint density at radius 3 is 2.73 bits per heavy atom. The van der Waals surface area contributed by atoms with Gasteiger partial charge in [0.2, 0.25) is 0 Å². The zero-order chi connectivity index (χ0) is 15.9. The first-order valence-corrected chi connectivity index (χ1v) is 8.16. The number of hydrogen-bond acceptors (Lipinski definition) is 3. The Hall–Kier alpha value is -1.44. The zero-order valence-electron chi connectivity index (χ0n) is 12.9. The molecule has 5 nitrogen and oxygen atoms in total. The van der Waals surface area contributed by atoms with Gasteiger partial charge in [0.15, 0.2) is 10.2 Å². The minimum absolute atomic E-state index is 0.250. The van der Waals surface area contributed by atoms with E-state index in [9.17, 15) is 0 Å². The van der Waals surface area contributed by atoms with E-state index in [1.807, 2.05) is 13.8 Å². The minimum atomic E-state index is 0.250. The molecule has 4 N–H and O–H groups in total. The molecule has 1 fully saturated rings. The van der Waals surface area contributed by atoms with Crippen LogP contribution in [0.25, 0.3) is 0 Å². The lowest BCUT2D eigenvalue weighted by Crippen LogP contribution is -2.49. The molecule has 1 aromatic rings. The number of hydrazine groups is 1. The fourth-order valence-electron chi connectivity index (χ4n) is 2.19. The summed E-state index contributed by atoms with van der Waals surface area (Å²) in [5, 5.41) is 7.23. The van der Waals surface area contributed by atoms with E-state index in [2.05, 4.69) is 39.7 Å². The van der Waals surface area contributed by atoms with Gasteiger partial charge in [0.05, 0.1) is 6.10 Å². The first kappa shape index (κ1) is 16.9. The van der Waals surface area contributed by atoms with Crippen LogP contribution in [-0.4, -0.2) is 29.5 Å². The summed E-state index contributed by atoms with van der Waals surface area (Å²) in [6, 6.07) is 6.18. The number of nitrogens with one attached hydrogen (secondary N) is 4. The van der Waals surface area contributed by atoms with Crippen LogP contribution >= 0.6 is 24.4 Å². The third-order valence-corrected chi connectivity index (χ3v) is 3.90. The summed E-state index contributed by atoms with van der Waals surface area (Å²) < 4.78 is 5.52. The lowest BCUT2D eigenvalue weighted by Gasteiger charge is -2.17. The highest BCUT2D eigenvalue weighted by atomic mass is 32.1. The van der Waals surface area contributed by atoms with Gasteiger partial charge in [-0.3, -0.25) is 10.9 Å². The molecule has 2 rings (SSSR count). The molecular formula is C15H22N4OS2. The van der Waals surface area contributed by atoms with Gasteiger partial charge in [-0.1, -0.05) is 12.1 Å².